The van der Waals surface area contributed by atoms with Gasteiger partial charge in [-0.25, -0.2) is 4.98 Å². The van der Waals surface area contributed by atoms with Gasteiger partial charge < -0.3 is 15.4 Å². The van der Waals surface area contributed by atoms with Crippen molar-refractivity contribution in [3.63, 3.8) is 0 Å². The van der Waals surface area contributed by atoms with Gasteiger partial charge in [-0.15, -0.1) is 0 Å². The maximum absolute atomic E-state index is 5.96. The molecule has 3 aliphatic rings. The maximum atomic E-state index is 5.96. The fourth-order valence-corrected chi connectivity index (χ4v) is 4.81. The van der Waals surface area contributed by atoms with Gasteiger partial charge in [0, 0.05) is 40.0 Å². The molecule has 1 spiro atoms. The molecule has 2 aliphatic heterocycles. The van der Waals surface area contributed by atoms with Crippen LogP contribution in [0.15, 0.2) is 29.2 Å². The van der Waals surface area contributed by atoms with Crippen LogP contribution in [0.1, 0.15) is 32.6 Å². The van der Waals surface area contributed by atoms with Gasteiger partial charge in [-0.1, -0.05) is 0 Å². The van der Waals surface area contributed by atoms with Gasteiger partial charge in [0.05, 0.1) is 18.7 Å². The SMILES string of the molecule is CC1(NSc2cc(N3CCC4(CC3)COC4)c3ccc(N)nc3c2)CC1. The molecule has 0 atom stereocenters. The number of nitrogens with two attached hydrogens (primary N) is 1. The molecule has 6 heteroatoms. The Morgan fingerprint density at radius 1 is 1.15 bits per heavy atom. The van der Waals surface area contributed by atoms with Crippen LogP contribution in [0.5, 0.6) is 0 Å². The summed E-state index contributed by atoms with van der Waals surface area (Å²) in [4.78, 5) is 8.33. The molecule has 2 saturated heterocycles. The Bertz CT molecular complexity index is 837. The molecule has 3 fully saturated rings. The average molecular weight is 371 g/mol. The van der Waals surface area contributed by atoms with Gasteiger partial charge in [0.25, 0.3) is 0 Å². The normalized spacial score (nSPS) is 23.2. The second-order valence-electron chi connectivity index (χ2n) is 8.49. The fraction of sp³-hybridized carbons (Fsp3) is 0.550. The van der Waals surface area contributed by atoms with Crippen molar-refractivity contribution in [1.82, 2.24) is 9.71 Å². The number of piperidine rings is 1. The van der Waals surface area contributed by atoms with E-state index in [4.69, 9.17) is 10.5 Å². The van der Waals surface area contributed by atoms with Gasteiger partial charge in [-0.3, -0.25) is 4.72 Å². The van der Waals surface area contributed by atoms with Gasteiger partial charge in [0.2, 0.25) is 0 Å². The molecule has 3 N–H and O–H groups in total. The van der Waals surface area contributed by atoms with Crippen LogP contribution < -0.4 is 15.4 Å². The van der Waals surface area contributed by atoms with Crippen molar-refractivity contribution in [2.24, 2.45) is 5.41 Å². The molecule has 3 heterocycles. The van der Waals surface area contributed by atoms with Crippen LogP contribution in [0.2, 0.25) is 0 Å². The van der Waals surface area contributed by atoms with Crippen LogP contribution in [0.3, 0.4) is 0 Å². The van der Waals surface area contributed by atoms with E-state index in [2.05, 4.69) is 39.7 Å². The fourth-order valence-electron chi connectivity index (χ4n) is 3.90. The Morgan fingerprint density at radius 3 is 2.58 bits per heavy atom. The van der Waals surface area contributed by atoms with E-state index in [1.807, 2.05) is 6.07 Å². The van der Waals surface area contributed by atoms with E-state index >= 15 is 0 Å². The molecule has 26 heavy (non-hydrogen) atoms. The third-order valence-electron chi connectivity index (χ3n) is 6.18. The summed E-state index contributed by atoms with van der Waals surface area (Å²) in [6, 6.07) is 8.50. The van der Waals surface area contributed by atoms with E-state index in [1.54, 1.807) is 11.9 Å². The van der Waals surface area contributed by atoms with Crippen molar-refractivity contribution in [3.05, 3.63) is 24.3 Å². The average Bonchev–Trinajstić information content (AvgIpc) is 3.35. The number of anilines is 2. The zero-order chi connectivity index (χ0) is 17.8. The van der Waals surface area contributed by atoms with Crippen molar-refractivity contribution >= 4 is 34.4 Å². The van der Waals surface area contributed by atoms with Crippen LogP contribution in [0, 0.1) is 5.41 Å². The Hall–Kier alpha value is -1.50. The van der Waals surface area contributed by atoms with Crippen molar-refractivity contribution in [3.8, 4) is 0 Å². The summed E-state index contributed by atoms with van der Waals surface area (Å²) >= 11 is 1.73. The molecule has 1 aliphatic carbocycles. The number of nitrogen functional groups attached to an aromatic ring is 1. The van der Waals surface area contributed by atoms with E-state index in [9.17, 15) is 0 Å². The topological polar surface area (TPSA) is 63.4 Å². The van der Waals surface area contributed by atoms with E-state index in [0.29, 0.717) is 16.8 Å². The summed E-state index contributed by atoms with van der Waals surface area (Å²) < 4.78 is 9.09. The highest BCUT2D eigenvalue weighted by Gasteiger charge is 2.41. The number of nitrogens with one attached hydrogen (secondary N) is 1. The predicted octanol–water partition coefficient (Wildman–Crippen LogP) is 3.58. The third kappa shape index (κ3) is 3.04. The second-order valence-corrected chi connectivity index (χ2v) is 9.37. The lowest BCUT2D eigenvalue weighted by Crippen LogP contribution is -2.51. The minimum absolute atomic E-state index is 0.296. The smallest absolute Gasteiger partial charge is 0.124 e. The monoisotopic (exact) mass is 370 g/mol. The van der Waals surface area contributed by atoms with Crippen molar-refractivity contribution in [2.45, 2.75) is 43.0 Å². The first-order valence-corrected chi connectivity index (χ1v) is 10.3. The zero-order valence-electron chi connectivity index (χ0n) is 15.3. The number of hydrogen-bond donors (Lipinski definition) is 2. The second kappa shape index (κ2) is 6.01. The molecule has 5 nitrogen and oxygen atoms in total. The molecule has 138 valence electrons. The summed E-state index contributed by atoms with van der Waals surface area (Å²) in [5.74, 6) is 0.580. The summed E-state index contributed by atoms with van der Waals surface area (Å²) in [5, 5.41) is 1.20. The molecule has 0 amide bonds. The highest BCUT2D eigenvalue weighted by Crippen LogP contribution is 2.42. The molecule has 1 saturated carbocycles. The van der Waals surface area contributed by atoms with E-state index in [1.165, 1.54) is 41.7 Å². The number of ether oxygens (including phenoxy) is 1. The first kappa shape index (κ1) is 16.7. The highest BCUT2D eigenvalue weighted by atomic mass is 32.2. The maximum Gasteiger partial charge on any atom is 0.124 e. The quantitative estimate of drug-likeness (QED) is 0.802. The lowest BCUT2D eigenvalue weighted by Gasteiger charge is -2.48. The van der Waals surface area contributed by atoms with Gasteiger partial charge in [0.1, 0.15) is 5.82 Å². The Morgan fingerprint density at radius 2 is 1.92 bits per heavy atom. The molecule has 1 aromatic carbocycles. The van der Waals surface area contributed by atoms with Crippen molar-refractivity contribution in [2.75, 3.05) is 36.9 Å². The number of aromatic nitrogens is 1. The van der Waals surface area contributed by atoms with Gasteiger partial charge >= 0.3 is 0 Å². The first-order valence-electron chi connectivity index (χ1n) is 9.51. The number of pyridine rings is 1. The van der Waals surface area contributed by atoms with E-state index < -0.39 is 0 Å². The van der Waals surface area contributed by atoms with Crippen LogP contribution in [-0.4, -0.2) is 36.8 Å². The van der Waals surface area contributed by atoms with Gasteiger partial charge in [0.15, 0.2) is 0 Å². The number of fused-ring (bicyclic) bond motifs is 1. The van der Waals surface area contributed by atoms with E-state index in [0.717, 1.165) is 31.8 Å². The lowest BCUT2D eigenvalue weighted by atomic mass is 9.76. The van der Waals surface area contributed by atoms with Gasteiger partial charge in [-0.05, 0) is 68.8 Å². The number of nitrogens with zero attached hydrogens (tertiary/aromatic N) is 2. The Balaban J connectivity index is 1.45. The van der Waals surface area contributed by atoms with Crippen molar-refractivity contribution < 1.29 is 4.74 Å². The number of benzene rings is 1. The van der Waals surface area contributed by atoms with Crippen molar-refractivity contribution in [1.29, 1.82) is 0 Å². The predicted molar refractivity (Wildman–Crippen MR) is 107 cm³/mol. The minimum atomic E-state index is 0.296. The molecule has 5 rings (SSSR count). The van der Waals surface area contributed by atoms with Crippen LogP contribution in [0.25, 0.3) is 10.9 Å². The third-order valence-corrected chi connectivity index (χ3v) is 7.24. The molecule has 0 bridgehead atoms. The molecule has 1 aromatic heterocycles. The standard InChI is InChI=1S/C20H26N4OS/c1-19(4-5-19)23-26-14-10-16-15(2-3-18(21)22-16)17(11-14)24-8-6-20(7-9-24)12-25-13-20/h2-3,10-11,23H,4-9,12-13H2,1H3,(H2,21,22). The van der Waals surface area contributed by atoms with Crippen LogP contribution in [0.4, 0.5) is 11.5 Å². The van der Waals surface area contributed by atoms with E-state index in [-0.39, 0.29) is 0 Å². The summed E-state index contributed by atoms with van der Waals surface area (Å²) in [6.45, 7) is 6.34. The molecular weight excluding hydrogens is 344 g/mol. The Kier molecular flexibility index (Phi) is 3.85. The number of rotatable bonds is 4. The summed E-state index contributed by atoms with van der Waals surface area (Å²) in [5.41, 5.74) is 8.97. The van der Waals surface area contributed by atoms with Gasteiger partial charge in [-0.2, -0.15) is 0 Å². The van der Waals surface area contributed by atoms with Crippen LogP contribution >= 0.6 is 11.9 Å². The highest BCUT2D eigenvalue weighted by molar-refractivity contribution is 7.97. The zero-order valence-corrected chi connectivity index (χ0v) is 16.1. The molecular formula is C20H26N4OS. The summed E-state index contributed by atoms with van der Waals surface area (Å²) in [7, 11) is 0. The van der Waals surface area contributed by atoms with Crippen LogP contribution in [-0.2, 0) is 4.74 Å². The minimum Gasteiger partial charge on any atom is -0.384 e. The largest absolute Gasteiger partial charge is 0.384 e. The first-order chi connectivity index (χ1) is 12.5. The summed E-state index contributed by atoms with van der Waals surface area (Å²) in [6.07, 6.45) is 4.93. The molecule has 2 aromatic rings. The molecule has 0 radical (unpaired) electrons. The number of hydrogen-bond acceptors (Lipinski definition) is 6. The molecule has 0 unspecified atom stereocenters. The Labute approximate surface area is 158 Å². The lowest BCUT2D eigenvalue weighted by molar-refractivity contribution is -0.124.